The van der Waals surface area contributed by atoms with E-state index in [9.17, 15) is 0 Å². The van der Waals surface area contributed by atoms with E-state index in [0.29, 0.717) is 11.5 Å². The third kappa shape index (κ3) is 4.43. The van der Waals surface area contributed by atoms with Gasteiger partial charge in [-0.05, 0) is 37.6 Å². The minimum Gasteiger partial charge on any atom is -0.316 e. The maximum atomic E-state index is 3.17. The summed E-state index contributed by atoms with van der Waals surface area (Å²) in [4.78, 5) is 2.42. The van der Waals surface area contributed by atoms with Gasteiger partial charge in [-0.25, -0.2) is 0 Å². The molecule has 2 nitrogen and oxygen atoms in total. The third-order valence-electron chi connectivity index (χ3n) is 3.75. The van der Waals surface area contributed by atoms with Gasteiger partial charge in [-0.2, -0.15) is 0 Å². The maximum Gasteiger partial charge on any atom is 0.0233 e. The molecule has 0 aliphatic rings. The molecule has 1 aromatic rings. The van der Waals surface area contributed by atoms with Crippen LogP contribution in [0.1, 0.15) is 38.8 Å². The molecule has 1 atom stereocenters. The number of hydrogen-bond donors (Lipinski definition) is 1. The Kier molecular flexibility index (Phi) is 5.36. The summed E-state index contributed by atoms with van der Waals surface area (Å²) in [7, 11) is 4.18. The van der Waals surface area contributed by atoms with Gasteiger partial charge in [-0.15, -0.1) is 0 Å². The lowest BCUT2D eigenvalue weighted by Crippen LogP contribution is -2.38. The molecule has 0 spiro atoms. The van der Waals surface area contributed by atoms with Gasteiger partial charge in [-0.1, -0.05) is 45.0 Å². The maximum absolute atomic E-state index is 3.17. The molecule has 1 aromatic carbocycles. The van der Waals surface area contributed by atoms with Crippen molar-refractivity contribution < 1.29 is 0 Å². The first-order valence-electron chi connectivity index (χ1n) is 6.77. The summed E-state index contributed by atoms with van der Waals surface area (Å²) in [5.41, 5.74) is 3.04. The van der Waals surface area contributed by atoms with Crippen LogP contribution in [-0.4, -0.2) is 25.0 Å². The topological polar surface area (TPSA) is 15.3 Å². The molecule has 1 N–H and O–H groups in total. The Balaban J connectivity index is 2.62. The van der Waals surface area contributed by atoms with Crippen LogP contribution in [0.25, 0.3) is 0 Å². The Morgan fingerprint density at radius 2 is 1.61 bits per heavy atom. The van der Waals surface area contributed by atoms with E-state index in [2.05, 4.69) is 69.2 Å². The summed E-state index contributed by atoms with van der Waals surface area (Å²) in [5.74, 6) is 0. The largest absolute Gasteiger partial charge is 0.316 e. The van der Waals surface area contributed by atoms with E-state index in [4.69, 9.17) is 0 Å². The number of nitrogens with one attached hydrogen (secondary N) is 1. The molecule has 0 fully saturated rings. The van der Waals surface area contributed by atoms with Crippen molar-refractivity contribution in [2.45, 2.75) is 46.8 Å². The fourth-order valence-electron chi connectivity index (χ4n) is 2.05. The van der Waals surface area contributed by atoms with Crippen molar-refractivity contribution >= 4 is 0 Å². The molecule has 1 unspecified atom stereocenters. The van der Waals surface area contributed by atoms with E-state index in [0.717, 1.165) is 13.1 Å². The van der Waals surface area contributed by atoms with Crippen LogP contribution in [0.2, 0.25) is 0 Å². The molecule has 0 radical (unpaired) electrons. The van der Waals surface area contributed by atoms with Gasteiger partial charge in [0.05, 0.1) is 0 Å². The minimum absolute atomic E-state index is 0.320. The zero-order chi connectivity index (χ0) is 13.8. The monoisotopic (exact) mass is 248 g/mol. The summed E-state index contributed by atoms with van der Waals surface area (Å²) in [5, 5.41) is 3.17. The molecule has 102 valence electrons. The molecule has 18 heavy (non-hydrogen) atoms. The summed E-state index contributed by atoms with van der Waals surface area (Å²) in [6, 6.07) is 9.45. The second-order valence-electron chi connectivity index (χ2n) is 6.30. The number of rotatable bonds is 5. The Bertz CT molecular complexity index is 348. The molecular weight excluding hydrogens is 220 g/mol. The van der Waals surface area contributed by atoms with Gasteiger partial charge >= 0.3 is 0 Å². The second-order valence-corrected chi connectivity index (χ2v) is 6.30. The van der Waals surface area contributed by atoms with Gasteiger partial charge in [0, 0.05) is 19.1 Å². The van der Waals surface area contributed by atoms with Crippen LogP contribution < -0.4 is 5.32 Å². The van der Waals surface area contributed by atoms with Gasteiger partial charge < -0.3 is 5.32 Å². The van der Waals surface area contributed by atoms with Crippen molar-refractivity contribution in [3.63, 3.8) is 0 Å². The van der Waals surface area contributed by atoms with Crippen molar-refractivity contribution in [1.29, 1.82) is 0 Å². The molecule has 0 aliphatic carbocycles. The molecule has 0 heterocycles. The first-order chi connectivity index (χ1) is 8.34. The quantitative estimate of drug-likeness (QED) is 0.860. The van der Waals surface area contributed by atoms with Crippen LogP contribution in [0.3, 0.4) is 0 Å². The molecular formula is C16H28N2. The smallest absolute Gasteiger partial charge is 0.0233 e. The number of benzene rings is 1. The molecule has 0 aliphatic heterocycles. The highest BCUT2D eigenvalue weighted by Gasteiger charge is 2.23. The predicted molar refractivity (Wildman–Crippen MR) is 79.6 cm³/mol. The molecule has 1 rings (SSSR count). The zero-order valence-corrected chi connectivity index (χ0v) is 12.7. The minimum atomic E-state index is 0.320. The highest BCUT2D eigenvalue weighted by molar-refractivity contribution is 5.22. The van der Waals surface area contributed by atoms with E-state index < -0.39 is 0 Å². The van der Waals surface area contributed by atoms with E-state index in [1.54, 1.807) is 0 Å². The summed E-state index contributed by atoms with van der Waals surface area (Å²) in [6.07, 6.45) is 0. The van der Waals surface area contributed by atoms with Crippen LogP contribution in [-0.2, 0) is 13.1 Å². The van der Waals surface area contributed by atoms with E-state index >= 15 is 0 Å². The standard InChI is InChI=1S/C16H28N2/c1-13(16(2,3)4)18(6)12-15-9-7-14(8-10-15)11-17-5/h7-10,13,17H,11-12H2,1-6H3. The SMILES string of the molecule is CNCc1ccc(CN(C)C(C)C(C)(C)C)cc1. The lowest BCUT2D eigenvalue weighted by Gasteiger charge is -2.35. The lowest BCUT2D eigenvalue weighted by molar-refractivity contribution is 0.134. The van der Waals surface area contributed by atoms with Gasteiger partial charge in [0.1, 0.15) is 0 Å². The average molecular weight is 248 g/mol. The first kappa shape index (κ1) is 15.2. The molecule has 0 amide bonds. The highest BCUT2D eigenvalue weighted by atomic mass is 15.1. The van der Waals surface area contributed by atoms with Gasteiger partial charge in [0.2, 0.25) is 0 Å². The zero-order valence-electron chi connectivity index (χ0n) is 12.7. The highest BCUT2D eigenvalue weighted by Crippen LogP contribution is 2.24. The lowest BCUT2D eigenvalue weighted by atomic mass is 9.87. The summed E-state index contributed by atoms with van der Waals surface area (Å²) < 4.78 is 0. The van der Waals surface area contributed by atoms with Crippen molar-refractivity contribution in [3.05, 3.63) is 35.4 Å². The predicted octanol–water partition coefficient (Wildman–Crippen LogP) is 3.27. The molecule has 0 bridgehead atoms. The average Bonchev–Trinajstić information content (AvgIpc) is 2.30. The van der Waals surface area contributed by atoms with E-state index in [1.807, 2.05) is 7.05 Å². The Hall–Kier alpha value is -0.860. The van der Waals surface area contributed by atoms with E-state index in [-0.39, 0.29) is 0 Å². The normalized spacial score (nSPS) is 13.9. The van der Waals surface area contributed by atoms with Crippen LogP contribution in [0, 0.1) is 5.41 Å². The van der Waals surface area contributed by atoms with Crippen molar-refractivity contribution in [1.82, 2.24) is 10.2 Å². The number of hydrogen-bond acceptors (Lipinski definition) is 2. The fraction of sp³-hybridized carbons (Fsp3) is 0.625. The van der Waals surface area contributed by atoms with Crippen molar-refractivity contribution in [3.8, 4) is 0 Å². The Morgan fingerprint density at radius 3 is 2.06 bits per heavy atom. The van der Waals surface area contributed by atoms with Crippen LogP contribution in [0.4, 0.5) is 0 Å². The molecule has 2 heteroatoms. The number of nitrogens with zero attached hydrogens (tertiary/aromatic N) is 1. The van der Waals surface area contributed by atoms with Crippen LogP contribution in [0.5, 0.6) is 0 Å². The van der Waals surface area contributed by atoms with E-state index in [1.165, 1.54) is 11.1 Å². The summed E-state index contributed by atoms with van der Waals surface area (Å²) >= 11 is 0. The van der Waals surface area contributed by atoms with Crippen molar-refractivity contribution in [2.24, 2.45) is 5.41 Å². The molecule has 0 saturated heterocycles. The Labute approximate surface area is 112 Å². The Morgan fingerprint density at radius 1 is 1.11 bits per heavy atom. The molecule has 0 saturated carbocycles. The third-order valence-corrected chi connectivity index (χ3v) is 3.75. The summed E-state index contributed by atoms with van der Waals surface area (Å²) in [6.45, 7) is 11.1. The molecule has 0 aromatic heterocycles. The van der Waals surface area contributed by atoms with Gasteiger partial charge in [-0.3, -0.25) is 4.90 Å². The van der Waals surface area contributed by atoms with Gasteiger partial charge in [0.25, 0.3) is 0 Å². The fourth-order valence-corrected chi connectivity index (χ4v) is 2.05. The van der Waals surface area contributed by atoms with Crippen LogP contribution in [0.15, 0.2) is 24.3 Å². The second kappa shape index (κ2) is 6.35. The van der Waals surface area contributed by atoms with Crippen molar-refractivity contribution in [2.75, 3.05) is 14.1 Å². The first-order valence-corrected chi connectivity index (χ1v) is 6.77. The van der Waals surface area contributed by atoms with Crippen LogP contribution >= 0.6 is 0 Å². The van der Waals surface area contributed by atoms with Gasteiger partial charge in [0.15, 0.2) is 0 Å².